The highest BCUT2D eigenvalue weighted by Crippen LogP contribution is 2.33. The first-order valence-corrected chi connectivity index (χ1v) is 4.72. The van der Waals surface area contributed by atoms with Gasteiger partial charge in [0.25, 0.3) is 0 Å². The van der Waals surface area contributed by atoms with Crippen LogP contribution >= 0.6 is 11.6 Å². The zero-order valence-corrected chi connectivity index (χ0v) is 8.97. The first-order valence-electron chi connectivity index (χ1n) is 4.35. The second-order valence-electron chi connectivity index (χ2n) is 4.32. The number of hydrogen-bond donors (Lipinski definition) is 1. The molecule has 1 aromatic carbocycles. The quantitative estimate of drug-likeness (QED) is 0.733. The lowest BCUT2D eigenvalue weighted by atomic mass is 9.85. The maximum atomic E-state index is 9.92. The van der Waals surface area contributed by atoms with Crippen LogP contribution in [0.3, 0.4) is 0 Å². The van der Waals surface area contributed by atoms with Gasteiger partial charge in [0.1, 0.15) is 0 Å². The summed E-state index contributed by atoms with van der Waals surface area (Å²) in [5, 5.41) is 10.6. The van der Waals surface area contributed by atoms with E-state index >= 15 is 0 Å². The molecule has 0 saturated heterocycles. The Labute approximate surface area is 84.4 Å². The Morgan fingerprint density at radius 2 is 1.92 bits per heavy atom. The van der Waals surface area contributed by atoms with Crippen molar-refractivity contribution < 1.29 is 5.11 Å². The van der Waals surface area contributed by atoms with Gasteiger partial charge in [-0.1, -0.05) is 44.5 Å². The van der Waals surface area contributed by atoms with Gasteiger partial charge in [0, 0.05) is 5.02 Å². The Kier molecular flexibility index (Phi) is 2.99. The topological polar surface area (TPSA) is 20.2 Å². The molecule has 1 N–H and O–H groups in total. The summed E-state index contributed by atoms with van der Waals surface area (Å²) in [6.45, 7) is 6.00. The molecule has 0 saturated carbocycles. The van der Waals surface area contributed by atoms with Crippen LogP contribution in [0.2, 0.25) is 5.02 Å². The normalized spacial score (nSPS) is 14.2. The van der Waals surface area contributed by atoms with Crippen LogP contribution in [0.5, 0.6) is 0 Å². The van der Waals surface area contributed by atoms with Gasteiger partial charge < -0.3 is 5.11 Å². The first-order chi connectivity index (χ1) is 5.91. The highest BCUT2D eigenvalue weighted by atomic mass is 35.5. The standard InChI is InChI=1S/C11H15ClO/c1-11(2,3)10(13)8-5-4-6-9(12)7-8/h4-7,10,13H,1-3H3/t10-/m1/s1. The Bertz CT molecular complexity index is 288. The average molecular weight is 199 g/mol. The molecule has 1 atom stereocenters. The molecular formula is C11H15ClO. The molecular weight excluding hydrogens is 184 g/mol. The highest BCUT2D eigenvalue weighted by molar-refractivity contribution is 6.30. The molecule has 1 nitrogen and oxygen atoms in total. The van der Waals surface area contributed by atoms with Crippen LogP contribution in [-0.2, 0) is 0 Å². The lowest BCUT2D eigenvalue weighted by Gasteiger charge is -2.26. The second kappa shape index (κ2) is 3.69. The van der Waals surface area contributed by atoms with E-state index in [-0.39, 0.29) is 5.41 Å². The first kappa shape index (κ1) is 10.6. The van der Waals surface area contributed by atoms with E-state index in [1.54, 1.807) is 12.1 Å². The Morgan fingerprint density at radius 3 is 2.38 bits per heavy atom. The average Bonchev–Trinajstić information content (AvgIpc) is 2.01. The number of rotatable bonds is 1. The predicted molar refractivity (Wildman–Crippen MR) is 55.9 cm³/mol. The van der Waals surface area contributed by atoms with Crippen LogP contribution in [0, 0.1) is 5.41 Å². The van der Waals surface area contributed by atoms with Gasteiger partial charge in [0.2, 0.25) is 0 Å². The van der Waals surface area contributed by atoms with Crippen molar-refractivity contribution in [3.05, 3.63) is 34.9 Å². The number of aliphatic hydroxyl groups is 1. The number of hydrogen-bond acceptors (Lipinski definition) is 1. The van der Waals surface area contributed by atoms with Gasteiger partial charge in [-0.15, -0.1) is 0 Å². The van der Waals surface area contributed by atoms with E-state index in [1.165, 1.54) is 0 Å². The van der Waals surface area contributed by atoms with Crippen LogP contribution in [0.15, 0.2) is 24.3 Å². The van der Waals surface area contributed by atoms with Gasteiger partial charge in [-0.25, -0.2) is 0 Å². The van der Waals surface area contributed by atoms with Crippen LogP contribution in [0.1, 0.15) is 32.4 Å². The van der Waals surface area contributed by atoms with Crippen molar-refractivity contribution in [2.24, 2.45) is 5.41 Å². The Hall–Kier alpha value is -0.530. The van der Waals surface area contributed by atoms with E-state index in [0.29, 0.717) is 5.02 Å². The summed E-state index contributed by atoms with van der Waals surface area (Å²) in [6.07, 6.45) is -0.466. The fourth-order valence-electron chi connectivity index (χ4n) is 1.18. The highest BCUT2D eigenvalue weighted by Gasteiger charge is 2.23. The third kappa shape index (κ3) is 2.71. The molecule has 0 aliphatic carbocycles. The molecule has 0 unspecified atom stereocenters. The van der Waals surface area contributed by atoms with Crippen LogP contribution in [0.25, 0.3) is 0 Å². The molecule has 1 aromatic rings. The molecule has 0 radical (unpaired) electrons. The zero-order valence-electron chi connectivity index (χ0n) is 8.21. The van der Waals surface area contributed by atoms with Gasteiger partial charge in [0.05, 0.1) is 6.10 Å². The van der Waals surface area contributed by atoms with Crippen molar-refractivity contribution in [1.82, 2.24) is 0 Å². The molecule has 2 heteroatoms. The van der Waals surface area contributed by atoms with Gasteiger partial charge in [0.15, 0.2) is 0 Å². The fraction of sp³-hybridized carbons (Fsp3) is 0.455. The summed E-state index contributed by atoms with van der Waals surface area (Å²) in [5.74, 6) is 0. The molecule has 0 amide bonds. The van der Waals surface area contributed by atoms with E-state index in [0.717, 1.165) is 5.56 Å². The SMILES string of the molecule is CC(C)(C)[C@H](O)c1cccc(Cl)c1. The van der Waals surface area contributed by atoms with Crippen molar-refractivity contribution in [3.63, 3.8) is 0 Å². The maximum absolute atomic E-state index is 9.92. The summed E-state index contributed by atoms with van der Waals surface area (Å²) in [4.78, 5) is 0. The maximum Gasteiger partial charge on any atom is 0.0838 e. The third-order valence-electron chi connectivity index (χ3n) is 1.98. The minimum absolute atomic E-state index is 0.148. The van der Waals surface area contributed by atoms with Crippen molar-refractivity contribution in [1.29, 1.82) is 0 Å². The molecule has 13 heavy (non-hydrogen) atoms. The number of halogens is 1. The Balaban J connectivity index is 2.96. The van der Waals surface area contributed by atoms with Gasteiger partial charge in [-0.05, 0) is 23.1 Å². The zero-order chi connectivity index (χ0) is 10.1. The van der Waals surface area contributed by atoms with E-state index in [2.05, 4.69) is 0 Å². The second-order valence-corrected chi connectivity index (χ2v) is 4.76. The van der Waals surface area contributed by atoms with Gasteiger partial charge in [-0.2, -0.15) is 0 Å². The summed E-state index contributed by atoms with van der Waals surface area (Å²) in [6, 6.07) is 7.35. The van der Waals surface area contributed by atoms with Crippen LogP contribution in [0.4, 0.5) is 0 Å². The van der Waals surface area contributed by atoms with Crippen molar-refractivity contribution in [2.45, 2.75) is 26.9 Å². The van der Waals surface area contributed by atoms with Crippen molar-refractivity contribution in [2.75, 3.05) is 0 Å². The van der Waals surface area contributed by atoms with E-state index in [1.807, 2.05) is 32.9 Å². The van der Waals surface area contributed by atoms with Crippen LogP contribution < -0.4 is 0 Å². The van der Waals surface area contributed by atoms with Gasteiger partial charge in [-0.3, -0.25) is 0 Å². The lowest BCUT2D eigenvalue weighted by Crippen LogP contribution is -2.17. The molecule has 1 rings (SSSR count). The van der Waals surface area contributed by atoms with Crippen molar-refractivity contribution >= 4 is 11.6 Å². The van der Waals surface area contributed by atoms with Crippen LogP contribution in [-0.4, -0.2) is 5.11 Å². The number of benzene rings is 1. The van der Waals surface area contributed by atoms with E-state index < -0.39 is 6.10 Å². The largest absolute Gasteiger partial charge is 0.388 e. The fourth-order valence-corrected chi connectivity index (χ4v) is 1.38. The number of aliphatic hydroxyl groups excluding tert-OH is 1. The molecule has 0 bridgehead atoms. The summed E-state index contributed by atoms with van der Waals surface area (Å²) >= 11 is 5.83. The lowest BCUT2D eigenvalue weighted by molar-refractivity contribution is 0.0627. The molecule has 72 valence electrons. The molecule has 0 aliphatic heterocycles. The minimum Gasteiger partial charge on any atom is -0.388 e. The third-order valence-corrected chi connectivity index (χ3v) is 2.22. The summed E-state index contributed by atoms with van der Waals surface area (Å²) in [7, 11) is 0. The smallest absolute Gasteiger partial charge is 0.0838 e. The van der Waals surface area contributed by atoms with Gasteiger partial charge >= 0.3 is 0 Å². The molecule has 0 aromatic heterocycles. The molecule has 0 heterocycles. The van der Waals surface area contributed by atoms with Crippen molar-refractivity contribution in [3.8, 4) is 0 Å². The molecule has 0 fully saturated rings. The molecule has 0 spiro atoms. The molecule has 0 aliphatic rings. The predicted octanol–water partition coefficient (Wildman–Crippen LogP) is 3.42. The summed E-state index contributed by atoms with van der Waals surface area (Å²) < 4.78 is 0. The van der Waals surface area contributed by atoms with E-state index in [4.69, 9.17) is 11.6 Å². The Morgan fingerprint density at radius 1 is 1.31 bits per heavy atom. The minimum atomic E-state index is -0.466. The van der Waals surface area contributed by atoms with E-state index in [9.17, 15) is 5.11 Å². The summed E-state index contributed by atoms with van der Waals surface area (Å²) in [5.41, 5.74) is 0.727. The monoisotopic (exact) mass is 198 g/mol.